The molecule has 2 N–H and O–H groups in total. The van der Waals surface area contributed by atoms with Crippen molar-refractivity contribution in [2.45, 2.75) is 56.0 Å². The molecule has 2 aliphatic heterocycles. The number of sulfone groups is 1. The lowest BCUT2D eigenvalue weighted by atomic mass is 9.91. The van der Waals surface area contributed by atoms with E-state index in [0.717, 1.165) is 54.6 Å². The number of nitrogens with one attached hydrogen (secondary N) is 2. The number of H-pyrrole nitrogens is 1. The van der Waals surface area contributed by atoms with E-state index < -0.39 is 15.1 Å². The fraction of sp³-hybridized carbons (Fsp3) is 0.536. The lowest BCUT2D eigenvalue weighted by molar-refractivity contribution is -0.0732. The highest BCUT2D eigenvalue weighted by atomic mass is 32.2. The molecule has 1 aromatic carbocycles. The topological polar surface area (TPSA) is 102 Å². The third-order valence-electron chi connectivity index (χ3n) is 8.26. The number of rotatable bonds is 7. The molecular weight excluding hydrogens is 490 g/mol. The third kappa shape index (κ3) is 4.84. The second kappa shape index (κ2) is 9.93. The molecule has 1 atom stereocenters. The molecule has 4 heterocycles. The molecule has 0 bridgehead atoms. The van der Waals surface area contributed by atoms with Gasteiger partial charge in [-0.25, -0.2) is 8.42 Å². The van der Waals surface area contributed by atoms with Gasteiger partial charge in [0, 0.05) is 55.4 Å². The first-order chi connectivity index (χ1) is 17.9. The molecule has 37 heavy (non-hydrogen) atoms. The molecule has 2 saturated heterocycles. The number of aryl methyl sites for hydroxylation is 1. The zero-order valence-corrected chi connectivity index (χ0v) is 22.1. The van der Waals surface area contributed by atoms with E-state index in [9.17, 15) is 13.2 Å². The van der Waals surface area contributed by atoms with Gasteiger partial charge in [-0.15, -0.1) is 0 Å². The van der Waals surface area contributed by atoms with E-state index in [2.05, 4.69) is 10.3 Å². The summed E-state index contributed by atoms with van der Waals surface area (Å²) in [5.41, 5.74) is 2.88. The highest BCUT2D eigenvalue weighted by molar-refractivity contribution is 7.91. The standard InChI is InChI=1S/C28H35N3O5S/c1-31-16-24(22-8-11-30-27(22)28(31)32)23-13-19(26-3-2-12-37(26,33)34)4-5-25(23)36-21-14-20(15-21)35-17-18-6-9-29-10-7-18/h4-5,8,11,13,16,18,20-21,26,29-30H,2-3,6-7,9-10,12,14-15,17H2,1H3. The van der Waals surface area contributed by atoms with Crippen LogP contribution in [0.15, 0.2) is 41.5 Å². The van der Waals surface area contributed by atoms with Crippen molar-refractivity contribution in [3.63, 3.8) is 0 Å². The van der Waals surface area contributed by atoms with E-state index in [4.69, 9.17) is 9.47 Å². The third-order valence-corrected chi connectivity index (χ3v) is 10.5. The maximum absolute atomic E-state index is 12.7. The van der Waals surface area contributed by atoms with Crippen molar-refractivity contribution in [3.8, 4) is 16.9 Å². The lowest BCUT2D eigenvalue weighted by Crippen LogP contribution is -2.41. The van der Waals surface area contributed by atoms with E-state index in [0.29, 0.717) is 30.0 Å². The summed E-state index contributed by atoms with van der Waals surface area (Å²) >= 11 is 0. The van der Waals surface area contributed by atoms with Crippen LogP contribution < -0.4 is 15.6 Å². The van der Waals surface area contributed by atoms with Gasteiger partial charge in [-0.05, 0) is 68.5 Å². The van der Waals surface area contributed by atoms with Crippen LogP contribution in [0, 0.1) is 5.92 Å². The fourth-order valence-corrected chi connectivity index (χ4v) is 7.90. The molecule has 1 aliphatic carbocycles. The number of hydrogen-bond donors (Lipinski definition) is 2. The summed E-state index contributed by atoms with van der Waals surface area (Å²) in [7, 11) is -1.43. The summed E-state index contributed by atoms with van der Waals surface area (Å²) in [5, 5.41) is 3.70. The largest absolute Gasteiger partial charge is 0.490 e. The van der Waals surface area contributed by atoms with Gasteiger partial charge < -0.3 is 24.3 Å². The number of benzene rings is 1. The lowest BCUT2D eigenvalue weighted by Gasteiger charge is -2.37. The normalized spacial score (nSPS) is 25.8. The van der Waals surface area contributed by atoms with Crippen LogP contribution in [0.4, 0.5) is 0 Å². The van der Waals surface area contributed by atoms with Gasteiger partial charge >= 0.3 is 0 Å². The SMILES string of the molecule is Cn1cc(-c2cc(C3CCCS3(=O)=O)ccc2OC2CC(OCC3CCNCC3)C2)c2cc[nH]c2c1=O. The van der Waals surface area contributed by atoms with Gasteiger partial charge in [-0.3, -0.25) is 4.79 Å². The number of aromatic amines is 1. The minimum atomic E-state index is -3.16. The van der Waals surface area contributed by atoms with Crippen LogP contribution in [0.3, 0.4) is 0 Å². The van der Waals surface area contributed by atoms with Crippen LogP contribution in [-0.2, 0) is 21.6 Å². The predicted octanol–water partition coefficient (Wildman–Crippen LogP) is 3.71. The Morgan fingerprint density at radius 1 is 1.05 bits per heavy atom. The average molecular weight is 526 g/mol. The maximum atomic E-state index is 12.7. The molecule has 0 radical (unpaired) electrons. The molecule has 0 amide bonds. The second-order valence-electron chi connectivity index (χ2n) is 10.8. The Hall–Kier alpha value is -2.62. The molecule has 3 aromatic rings. The molecule has 8 nitrogen and oxygen atoms in total. The van der Waals surface area contributed by atoms with Crippen molar-refractivity contribution in [1.29, 1.82) is 0 Å². The molecule has 3 fully saturated rings. The van der Waals surface area contributed by atoms with Crippen molar-refractivity contribution < 1.29 is 17.9 Å². The van der Waals surface area contributed by atoms with Gasteiger partial charge in [0.15, 0.2) is 9.84 Å². The Balaban J connectivity index is 1.27. The summed E-state index contributed by atoms with van der Waals surface area (Å²) < 4.78 is 39.6. The van der Waals surface area contributed by atoms with Crippen molar-refractivity contribution in [3.05, 3.63) is 52.6 Å². The highest BCUT2D eigenvalue weighted by Gasteiger charge is 2.35. The monoisotopic (exact) mass is 525 g/mol. The van der Waals surface area contributed by atoms with E-state index >= 15 is 0 Å². The van der Waals surface area contributed by atoms with Crippen LogP contribution in [-0.4, -0.2) is 55.6 Å². The number of pyridine rings is 1. The van der Waals surface area contributed by atoms with Gasteiger partial charge in [0.05, 0.1) is 17.1 Å². The van der Waals surface area contributed by atoms with Gasteiger partial charge in [-0.2, -0.15) is 0 Å². The molecule has 1 saturated carbocycles. The Morgan fingerprint density at radius 2 is 1.86 bits per heavy atom. The maximum Gasteiger partial charge on any atom is 0.274 e. The Kier molecular flexibility index (Phi) is 6.63. The fourth-order valence-electron chi connectivity index (χ4n) is 5.96. The summed E-state index contributed by atoms with van der Waals surface area (Å²) in [4.78, 5) is 15.7. The van der Waals surface area contributed by atoms with Gasteiger partial charge in [0.2, 0.25) is 0 Å². The number of piperidine rings is 1. The zero-order valence-electron chi connectivity index (χ0n) is 21.2. The average Bonchev–Trinajstić information content (AvgIpc) is 3.50. The minimum Gasteiger partial charge on any atom is -0.490 e. The number of aromatic nitrogens is 2. The van der Waals surface area contributed by atoms with Gasteiger partial charge in [-0.1, -0.05) is 6.07 Å². The first kappa shape index (κ1) is 24.7. The molecule has 3 aliphatic rings. The van der Waals surface area contributed by atoms with Crippen molar-refractivity contribution >= 4 is 20.7 Å². The Bertz CT molecular complexity index is 1450. The van der Waals surface area contributed by atoms with Crippen molar-refractivity contribution in [1.82, 2.24) is 14.9 Å². The highest BCUT2D eigenvalue weighted by Crippen LogP contribution is 2.42. The first-order valence-corrected chi connectivity index (χ1v) is 15.1. The van der Waals surface area contributed by atoms with Crippen molar-refractivity contribution in [2.24, 2.45) is 13.0 Å². The van der Waals surface area contributed by atoms with Crippen LogP contribution in [0.2, 0.25) is 0 Å². The van der Waals surface area contributed by atoms with Crippen LogP contribution >= 0.6 is 0 Å². The molecule has 1 unspecified atom stereocenters. The van der Waals surface area contributed by atoms with Crippen LogP contribution in [0.25, 0.3) is 22.0 Å². The molecular formula is C28H35N3O5S. The van der Waals surface area contributed by atoms with E-state index in [1.54, 1.807) is 17.8 Å². The van der Waals surface area contributed by atoms with Gasteiger partial charge in [0.1, 0.15) is 17.4 Å². The number of hydrogen-bond acceptors (Lipinski definition) is 6. The number of ether oxygens (including phenoxy) is 2. The number of nitrogens with zero attached hydrogens (tertiary/aromatic N) is 1. The Labute approximate surface area is 217 Å². The smallest absolute Gasteiger partial charge is 0.274 e. The van der Waals surface area contributed by atoms with Crippen molar-refractivity contribution in [2.75, 3.05) is 25.4 Å². The first-order valence-electron chi connectivity index (χ1n) is 13.4. The zero-order chi connectivity index (χ0) is 25.6. The number of fused-ring (bicyclic) bond motifs is 1. The predicted molar refractivity (Wildman–Crippen MR) is 144 cm³/mol. The molecule has 9 heteroatoms. The molecule has 0 spiro atoms. The van der Waals surface area contributed by atoms with Crippen LogP contribution in [0.1, 0.15) is 49.3 Å². The molecule has 6 rings (SSSR count). The van der Waals surface area contributed by atoms with E-state index in [1.807, 2.05) is 30.5 Å². The van der Waals surface area contributed by atoms with E-state index in [-0.39, 0.29) is 23.5 Å². The van der Waals surface area contributed by atoms with Crippen LogP contribution in [0.5, 0.6) is 5.75 Å². The quantitative estimate of drug-likeness (QED) is 0.488. The second-order valence-corrected chi connectivity index (χ2v) is 13.1. The van der Waals surface area contributed by atoms with E-state index in [1.165, 1.54) is 12.8 Å². The summed E-state index contributed by atoms with van der Waals surface area (Å²) in [6, 6.07) is 7.65. The minimum absolute atomic E-state index is 0.0482. The summed E-state index contributed by atoms with van der Waals surface area (Å²) in [6.45, 7) is 2.97. The van der Waals surface area contributed by atoms with Gasteiger partial charge in [0.25, 0.3) is 5.56 Å². The summed E-state index contributed by atoms with van der Waals surface area (Å²) in [6.07, 6.45) is 9.20. The molecule has 198 valence electrons. The molecule has 2 aromatic heterocycles. The Morgan fingerprint density at radius 3 is 2.62 bits per heavy atom. The summed E-state index contributed by atoms with van der Waals surface area (Å²) in [5.74, 6) is 1.58.